The Hall–Kier alpha value is -1.00. The van der Waals surface area contributed by atoms with Crippen LogP contribution in [-0.4, -0.2) is 13.2 Å². The number of rotatable bonds is 9. The summed E-state index contributed by atoms with van der Waals surface area (Å²) in [6.07, 6.45) is 4.49. The largest absolute Gasteiger partial charge is 0.494 e. The molecule has 22 heavy (non-hydrogen) atoms. The first-order valence-electron chi connectivity index (χ1n) is 7.51. The Labute approximate surface area is 149 Å². The molecule has 0 atom stereocenters. The SMILES string of the molecule is Brc1ccc(OCCCCCCOc2ccc(Br)cc2)cc1. The van der Waals surface area contributed by atoms with Crippen molar-refractivity contribution in [2.45, 2.75) is 25.7 Å². The Morgan fingerprint density at radius 3 is 1.27 bits per heavy atom. The van der Waals surface area contributed by atoms with E-state index < -0.39 is 0 Å². The van der Waals surface area contributed by atoms with E-state index in [1.165, 1.54) is 12.8 Å². The predicted molar refractivity (Wildman–Crippen MR) is 97.7 cm³/mol. The zero-order chi connectivity index (χ0) is 15.6. The minimum atomic E-state index is 0.773. The number of halogens is 2. The maximum atomic E-state index is 5.69. The van der Waals surface area contributed by atoms with Gasteiger partial charge >= 0.3 is 0 Å². The molecule has 0 saturated carbocycles. The second-order valence-corrected chi connectivity index (χ2v) is 6.85. The van der Waals surface area contributed by atoms with E-state index in [4.69, 9.17) is 9.47 Å². The highest BCUT2D eigenvalue weighted by molar-refractivity contribution is 9.10. The molecule has 0 heterocycles. The van der Waals surface area contributed by atoms with Crippen LogP contribution in [0, 0.1) is 0 Å². The molecule has 0 aliphatic carbocycles. The average molecular weight is 428 g/mol. The van der Waals surface area contributed by atoms with Gasteiger partial charge in [-0.25, -0.2) is 0 Å². The van der Waals surface area contributed by atoms with Gasteiger partial charge in [0.1, 0.15) is 11.5 Å². The van der Waals surface area contributed by atoms with Crippen LogP contribution < -0.4 is 9.47 Å². The summed E-state index contributed by atoms with van der Waals surface area (Å²) in [7, 11) is 0. The van der Waals surface area contributed by atoms with Gasteiger partial charge in [0.15, 0.2) is 0 Å². The molecule has 0 saturated heterocycles. The Bertz CT molecular complexity index is 487. The third kappa shape index (κ3) is 6.84. The van der Waals surface area contributed by atoms with Crippen molar-refractivity contribution in [2.24, 2.45) is 0 Å². The standard InChI is InChI=1S/C18H20Br2O2/c19-15-5-9-17(10-6-15)21-13-3-1-2-4-14-22-18-11-7-16(20)8-12-18/h5-12H,1-4,13-14H2. The Morgan fingerprint density at radius 1 is 0.545 bits per heavy atom. The highest BCUT2D eigenvalue weighted by atomic mass is 79.9. The molecule has 2 rings (SSSR count). The number of ether oxygens (including phenoxy) is 2. The molecule has 0 N–H and O–H groups in total. The zero-order valence-electron chi connectivity index (χ0n) is 12.4. The molecule has 4 heteroatoms. The third-order valence-electron chi connectivity index (χ3n) is 3.20. The molecular weight excluding hydrogens is 408 g/mol. The van der Waals surface area contributed by atoms with E-state index in [2.05, 4.69) is 31.9 Å². The van der Waals surface area contributed by atoms with E-state index >= 15 is 0 Å². The highest BCUT2D eigenvalue weighted by Gasteiger charge is 1.96. The Balaban J connectivity index is 1.47. The molecule has 0 aliphatic heterocycles. The van der Waals surface area contributed by atoms with Gasteiger partial charge in [0.05, 0.1) is 13.2 Å². The summed E-state index contributed by atoms with van der Waals surface area (Å²) in [6, 6.07) is 15.9. The van der Waals surface area contributed by atoms with Gasteiger partial charge in [0.2, 0.25) is 0 Å². The van der Waals surface area contributed by atoms with Crippen molar-refractivity contribution in [3.63, 3.8) is 0 Å². The van der Waals surface area contributed by atoms with Gasteiger partial charge in [-0.05, 0) is 74.2 Å². The number of hydrogen-bond donors (Lipinski definition) is 0. The van der Waals surface area contributed by atoms with Crippen molar-refractivity contribution in [1.29, 1.82) is 0 Å². The maximum Gasteiger partial charge on any atom is 0.119 e. The first-order chi connectivity index (χ1) is 10.7. The summed E-state index contributed by atoms with van der Waals surface area (Å²) in [4.78, 5) is 0. The molecule has 0 unspecified atom stereocenters. The van der Waals surface area contributed by atoms with E-state index in [1.807, 2.05) is 48.5 Å². The third-order valence-corrected chi connectivity index (χ3v) is 4.26. The zero-order valence-corrected chi connectivity index (χ0v) is 15.6. The van der Waals surface area contributed by atoms with Crippen molar-refractivity contribution >= 4 is 31.9 Å². The van der Waals surface area contributed by atoms with Gasteiger partial charge in [0, 0.05) is 8.95 Å². The lowest BCUT2D eigenvalue weighted by Crippen LogP contribution is -1.99. The molecule has 0 aliphatic rings. The molecule has 0 radical (unpaired) electrons. The number of unbranched alkanes of at least 4 members (excludes halogenated alkanes) is 3. The first-order valence-corrected chi connectivity index (χ1v) is 9.09. The molecule has 0 fully saturated rings. The lowest BCUT2D eigenvalue weighted by atomic mass is 10.2. The van der Waals surface area contributed by atoms with Crippen LogP contribution in [0.3, 0.4) is 0 Å². The molecule has 0 bridgehead atoms. The molecule has 2 aromatic rings. The van der Waals surface area contributed by atoms with Crippen molar-refractivity contribution in [3.05, 3.63) is 57.5 Å². The van der Waals surface area contributed by atoms with Gasteiger partial charge in [0.25, 0.3) is 0 Å². The fraction of sp³-hybridized carbons (Fsp3) is 0.333. The van der Waals surface area contributed by atoms with Crippen LogP contribution in [0.5, 0.6) is 11.5 Å². The maximum absolute atomic E-state index is 5.69. The molecule has 0 amide bonds. The number of hydrogen-bond acceptors (Lipinski definition) is 2. The smallest absolute Gasteiger partial charge is 0.119 e. The quantitative estimate of drug-likeness (QED) is 0.441. The van der Waals surface area contributed by atoms with Crippen LogP contribution in [-0.2, 0) is 0 Å². The van der Waals surface area contributed by atoms with Gasteiger partial charge in [-0.3, -0.25) is 0 Å². The fourth-order valence-corrected chi connectivity index (χ4v) is 2.53. The fourth-order valence-electron chi connectivity index (χ4n) is 2.00. The monoisotopic (exact) mass is 426 g/mol. The molecule has 2 aromatic carbocycles. The van der Waals surface area contributed by atoms with E-state index in [0.717, 1.165) is 46.5 Å². The first kappa shape index (κ1) is 17.4. The minimum Gasteiger partial charge on any atom is -0.494 e. The van der Waals surface area contributed by atoms with Crippen molar-refractivity contribution in [3.8, 4) is 11.5 Å². The molecule has 118 valence electrons. The van der Waals surface area contributed by atoms with Crippen LogP contribution in [0.25, 0.3) is 0 Å². The van der Waals surface area contributed by atoms with Gasteiger partial charge in [-0.1, -0.05) is 31.9 Å². The normalized spacial score (nSPS) is 10.5. The summed E-state index contributed by atoms with van der Waals surface area (Å²) in [6.45, 7) is 1.55. The van der Waals surface area contributed by atoms with Crippen molar-refractivity contribution in [2.75, 3.05) is 13.2 Å². The highest BCUT2D eigenvalue weighted by Crippen LogP contribution is 2.17. The summed E-state index contributed by atoms with van der Waals surface area (Å²) in [5.41, 5.74) is 0. The number of benzene rings is 2. The van der Waals surface area contributed by atoms with E-state index in [0.29, 0.717) is 0 Å². The van der Waals surface area contributed by atoms with Gasteiger partial charge in [-0.2, -0.15) is 0 Å². The van der Waals surface area contributed by atoms with Crippen LogP contribution in [0.1, 0.15) is 25.7 Å². The molecule has 0 spiro atoms. The topological polar surface area (TPSA) is 18.5 Å². The summed E-state index contributed by atoms with van der Waals surface area (Å²) in [5, 5.41) is 0. The molecule has 2 nitrogen and oxygen atoms in total. The second kappa shape index (κ2) is 9.90. The van der Waals surface area contributed by atoms with Gasteiger partial charge in [-0.15, -0.1) is 0 Å². The second-order valence-electron chi connectivity index (χ2n) is 5.02. The molecule has 0 aromatic heterocycles. The lowest BCUT2D eigenvalue weighted by molar-refractivity contribution is 0.287. The molecular formula is C18H20Br2O2. The summed E-state index contributed by atoms with van der Waals surface area (Å²) >= 11 is 6.83. The van der Waals surface area contributed by atoms with E-state index in [9.17, 15) is 0 Å². The Kier molecular flexibility index (Phi) is 7.81. The van der Waals surface area contributed by atoms with Crippen LogP contribution in [0.4, 0.5) is 0 Å². The van der Waals surface area contributed by atoms with Crippen LogP contribution in [0.2, 0.25) is 0 Å². The average Bonchev–Trinajstić information content (AvgIpc) is 2.53. The minimum absolute atomic E-state index is 0.773. The lowest BCUT2D eigenvalue weighted by Gasteiger charge is -2.07. The van der Waals surface area contributed by atoms with E-state index in [-0.39, 0.29) is 0 Å². The Morgan fingerprint density at radius 2 is 0.909 bits per heavy atom. The van der Waals surface area contributed by atoms with Crippen LogP contribution >= 0.6 is 31.9 Å². The summed E-state index contributed by atoms with van der Waals surface area (Å²) in [5.74, 6) is 1.86. The predicted octanol–water partition coefficient (Wildman–Crippen LogP) is 6.23. The summed E-state index contributed by atoms with van der Waals surface area (Å²) < 4.78 is 13.5. The van der Waals surface area contributed by atoms with Gasteiger partial charge < -0.3 is 9.47 Å². The van der Waals surface area contributed by atoms with Crippen molar-refractivity contribution in [1.82, 2.24) is 0 Å². The van der Waals surface area contributed by atoms with Crippen molar-refractivity contribution < 1.29 is 9.47 Å². The van der Waals surface area contributed by atoms with E-state index in [1.54, 1.807) is 0 Å². The van der Waals surface area contributed by atoms with Crippen LogP contribution in [0.15, 0.2) is 57.5 Å².